The number of furan rings is 1. The molecule has 10 aromatic carbocycles. The van der Waals surface area contributed by atoms with Gasteiger partial charge in [0.15, 0.2) is 0 Å². The molecule has 0 saturated heterocycles. The molecule has 0 saturated carbocycles. The summed E-state index contributed by atoms with van der Waals surface area (Å²) in [6.07, 6.45) is 0. The molecule has 0 aliphatic rings. The lowest BCUT2D eigenvalue weighted by Crippen LogP contribution is -2.12. The van der Waals surface area contributed by atoms with Gasteiger partial charge in [-0.05, 0) is 81.4 Å². The van der Waals surface area contributed by atoms with Gasteiger partial charge in [0.25, 0.3) is 0 Å². The Morgan fingerprint density at radius 2 is 0.922 bits per heavy atom. The number of hydrogen-bond donors (Lipinski definition) is 0. The monoisotopic (exact) mass is 851 g/mol. The van der Waals surface area contributed by atoms with Crippen molar-refractivity contribution in [1.82, 2.24) is 0 Å². The average Bonchev–Trinajstić information content (AvgIpc) is 4.07. The predicted molar refractivity (Wildman–Crippen MR) is 276 cm³/mol. The Labute approximate surface area is 378 Å². The second kappa shape index (κ2) is 15.0. The van der Waals surface area contributed by atoms with Gasteiger partial charge in [-0.3, -0.25) is 0 Å². The highest BCUT2D eigenvalue weighted by atomic mass is 32.1. The summed E-state index contributed by atoms with van der Waals surface area (Å²) in [5.74, 6) is 0. The van der Waals surface area contributed by atoms with Crippen LogP contribution >= 0.6 is 22.7 Å². The zero-order valence-electron chi connectivity index (χ0n) is 34.5. The van der Waals surface area contributed by atoms with Crippen molar-refractivity contribution in [2.24, 2.45) is 0 Å². The van der Waals surface area contributed by atoms with Gasteiger partial charge in [-0.15, -0.1) is 22.7 Å². The van der Waals surface area contributed by atoms with Crippen LogP contribution in [-0.2, 0) is 0 Å². The summed E-state index contributed by atoms with van der Waals surface area (Å²) in [6.45, 7) is 0. The maximum Gasteiger partial charge on any atom is 0.135 e. The van der Waals surface area contributed by atoms with E-state index in [2.05, 4.69) is 223 Å². The van der Waals surface area contributed by atoms with E-state index in [4.69, 9.17) is 4.42 Å². The van der Waals surface area contributed by atoms with Gasteiger partial charge < -0.3 is 9.32 Å². The molecule has 2 nitrogen and oxygen atoms in total. The Morgan fingerprint density at radius 1 is 0.328 bits per heavy atom. The van der Waals surface area contributed by atoms with Crippen molar-refractivity contribution in [2.75, 3.05) is 4.90 Å². The number of hydrogen-bond acceptors (Lipinski definition) is 4. The molecule has 0 amide bonds. The lowest BCUT2D eigenvalue weighted by Gasteiger charge is -2.30. The van der Waals surface area contributed by atoms with Gasteiger partial charge in [-0.25, -0.2) is 0 Å². The fourth-order valence-corrected chi connectivity index (χ4v) is 12.3. The van der Waals surface area contributed by atoms with Crippen molar-refractivity contribution in [3.63, 3.8) is 0 Å². The minimum Gasteiger partial charge on any atom is -0.456 e. The second-order valence-electron chi connectivity index (χ2n) is 16.3. The molecule has 4 heteroatoms. The Kier molecular flexibility index (Phi) is 8.61. The predicted octanol–water partition coefficient (Wildman–Crippen LogP) is 18.5. The minimum absolute atomic E-state index is 0.874. The maximum absolute atomic E-state index is 6.48. The van der Waals surface area contributed by atoms with Crippen LogP contribution in [0.3, 0.4) is 0 Å². The van der Waals surface area contributed by atoms with E-state index in [1.165, 1.54) is 79.3 Å². The molecule has 3 aromatic heterocycles. The minimum atomic E-state index is 0.874. The van der Waals surface area contributed by atoms with Gasteiger partial charge in [-0.2, -0.15) is 0 Å². The third-order valence-electron chi connectivity index (χ3n) is 12.7. The van der Waals surface area contributed by atoms with Crippen molar-refractivity contribution < 1.29 is 4.42 Å². The third-order valence-corrected chi connectivity index (χ3v) is 15.1. The van der Waals surface area contributed by atoms with Crippen LogP contribution in [0.15, 0.2) is 229 Å². The summed E-state index contributed by atoms with van der Waals surface area (Å²) in [5, 5.41) is 7.15. The number of anilines is 3. The fraction of sp³-hybridized carbons (Fsp3) is 0. The topological polar surface area (TPSA) is 16.4 Å². The van der Waals surface area contributed by atoms with Crippen molar-refractivity contribution in [3.8, 4) is 44.5 Å². The average molecular weight is 852 g/mol. The largest absolute Gasteiger partial charge is 0.456 e. The van der Waals surface area contributed by atoms with Gasteiger partial charge in [-0.1, -0.05) is 182 Å². The lowest BCUT2D eigenvalue weighted by molar-refractivity contribution is 0.669. The molecule has 0 atom stereocenters. The molecule has 0 aliphatic heterocycles. The summed E-state index contributed by atoms with van der Waals surface area (Å²) in [6, 6.07) is 81.7. The van der Waals surface area contributed by atoms with Gasteiger partial charge in [0.1, 0.15) is 11.2 Å². The van der Waals surface area contributed by atoms with Gasteiger partial charge in [0.05, 0.1) is 11.4 Å². The molecule has 13 rings (SSSR count). The van der Waals surface area contributed by atoms with Crippen molar-refractivity contribution >= 4 is 102 Å². The van der Waals surface area contributed by atoms with E-state index < -0.39 is 0 Å². The molecule has 64 heavy (non-hydrogen) atoms. The normalized spacial score (nSPS) is 11.8. The molecular weight excluding hydrogens is 815 g/mol. The molecule has 0 fully saturated rings. The Hall–Kier alpha value is -7.76. The second-order valence-corrected chi connectivity index (χ2v) is 18.5. The Balaban J connectivity index is 1.19. The summed E-state index contributed by atoms with van der Waals surface area (Å²) in [4.78, 5) is 2.57. The maximum atomic E-state index is 6.48. The van der Waals surface area contributed by atoms with Crippen molar-refractivity contribution in [2.45, 2.75) is 0 Å². The molecule has 0 N–H and O–H groups in total. The number of rotatable bonds is 7. The quantitative estimate of drug-likeness (QED) is 0.159. The van der Waals surface area contributed by atoms with E-state index in [9.17, 15) is 0 Å². The van der Waals surface area contributed by atoms with Crippen LogP contribution in [0.1, 0.15) is 0 Å². The molecular formula is C60H37NOS2. The highest BCUT2D eigenvalue weighted by Crippen LogP contribution is 2.55. The Morgan fingerprint density at radius 3 is 1.66 bits per heavy atom. The van der Waals surface area contributed by atoms with Crippen LogP contribution < -0.4 is 4.90 Å². The van der Waals surface area contributed by atoms with Crippen LogP contribution in [0.5, 0.6) is 0 Å². The summed E-state index contributed by atoms with van der Waals surface area (Å²) >= 11 is 3.77. The number of nitrogens with zero attached hydrogens (tertiary/aromatic N) is 1. The van der Waals surface area contributed by atoms with Crippen molar-refractivity contribution in [3.05, 3.63) is 224 Å². The fourth-order valence-electron chi connectivity index (χ4n) is 9.74. The first-order valence-electron chi connectivity index (χ1n) is 21.7. The first kappa shape index (κ1) is 36.9. The van der Waals surface area contributed by atoms with E-state index >= 15 is 0 Å². The first-order chi connectivity index (χ1) is 31.7. The van der Waals surface area contributed by atoms with Crippen LogP contribution in [0, 0.1) is 0 Å². The van der Waals surface area contributed by atoms with Crippen LogP contribution in [0.2, 0.25) is 0 Å². The van der Waals surface area contributed by atoms with E-state index in [-0.39, 0.29) is 0 Å². The van der Waals surface area contributed by atoms with Gasteiger partial charge in [0, 0.05) is 62.4 Å². The zero-order valence-corrected chi connectivity index (χ0v) is 36.2. The SMILES string of the molecule is c1ccc(-c2ccc3c(c2)sc2c(-c4ccccc4)ccc(N(c4ccc5oc6ccccc6c5c4)c4c(-c5ccccc5)ccc5sc6c(-c7ccccc7)cccc6c45)c23)cc1. The van der Waals surface area contributed by atoms with E-state index in [0.29, 0.717) is 0 Å². The Bertz CT molecular complexity index is 3890. The summed E-state index contributed by atoms with van der Waals surface area (Å²) in [7, 11) is 0. The van der Waals surface area contributed by atoms with Crippen LogP contribution in [0.25, 0.3) is 107 Å². The van der Waals surface area contributed by atoms with E-state index in [1.54, 1.807) is 0 Å². The number of para-hydroxylation sites is 1. The van der Waals surface area contributed by atoms with Crippen LogP contribution in [0.4, 0.5) is 17.1 Å². The standard InChI is InChI=1S/C60H37NOS2/c1-5-16-38(17-6-1)42-28-30-48-55(36-42)64-60-46(41-22-11-4-12-23-41)31-33-51(56(48)60)61(43-29-34-53-50(37-43)47-24-13-14-27-52(47)62-53)58-44(39-18-7-2-8-19-39)32-35-54-57(58)49-26-15-25-45(59(49)63-54)40-20-9-3-10-21-40/h1-37H. The molecule has 13 aromatic rings. The number of benzene rings is 10. The number of thiophene rings is 2. The highest BCUT2D eigenvalue weighted by molar-refractivity contribution is 7.27. The van der Waals surface area contributed by atoms with Gasteiger partial charge >= 0.3 is 0 Å². The number of fused-ring (bicyclic) bond motifs is 9. The molecule has 0 aliphatic carbocycles. The smallest absolute Gasteiger partial charge is 0.135 e. The highest BCUT2D eigenvalue weighted by Gasteiger charge is 2.28. The van der Waals surface area contributed by atoms with E-state index in [0.717, 1.165) is 44.6 Å². The molecule has 300 valence electrons. The van der Waals surface area contributed by atoms with E-state index in [1.807, 2.05) is 28.7 Å². The molecule has 0 radical (unpaired) electrons. The van der Waals surface area contributed by atoms with Gasteiger partial charge in [0.2, 0.25) is 0 Å². The zero-order chi connectivity index (χ0) is 42.1. The molecule has 0 spiro atoms. The molecule has 0 unspecified atom stereocenters. The summed E-state index contributed by atoms with van der Waals surface area (Å²) < 4.78 is 11.5. The summed E-state index contributed by atoms with van der Waals surface area (Å²) in [5.41, 5.74) is 14.8. The molecule has 3 heterocycles. The first-order valence-corrected chi connectivity index (χ1v) is 23.3. The lowest BCUT2D eigenvalue weighted by atomic mass is 9.95. The molecule has 0 bridgehead atoms. The van der Waals surface area contributed by atoms with Crippen LogP contribution in [-0.4, -0.2) is 0 Å². The third kappa shape index (κ3) is 5.91. The van der Waals surface area contributed by atoms with Crippen molar-refractivity contribution in [1.29, 1.82) is 0 Å².